The normalized spacial score (nSPS) is 10.8. The lowest BCUT2D eigenvalue weighted by Gasteiger charge is -2.10. The van der Waals surface area contributed by atoms with Gasteiger partial charge in [0.2, 0.25) is 0 Å². The van der Waals surface area contributed by atoms with Crippen molar-refractivity contribution in [3.63, 3.8) is 0 Å². The lowest BCUT2D eigenvalue weighted by atomic mass is 10.2. The highest BCUT2D eigenvalue weighted by Crippen LogP contribution is 2.30. The maximum Gasteiger partial charge on any atom is 0.198 e. The fourth-order valence-electron chi connectivity index (χ4n) is 2.28. The number of hydrogen-bond donors (Lipinski definition) is 0. The molecule has 0 spiro atoms. The maximum absolute atomic E-state index is 14.5. The Morgan fingerprint density at radius 2 is 2.00 bits per heavy atom. The van der Waals surface area contributed by atoms with Crippen LogP contribution in [0.15, 0.2) is 53.2 Å². The number of aromatic nitrogens is 6. The number of aryl methyl sites for hydroxylation is 1. The first-order chi connectivity index (χ1) is 12.1. The summed E-state index contributed by atoms with van der Waals surface area (Å²) in [6.07, 6.45) is 5.26. The van der Waals surface area contributed by atoms with Crippen molar-refractivity contribution in [2.75, 3.05) is 0 Å². The first-order valence-electron chi connectivity index (χ1n) is 7.75. The van der Waals surface area contributed by atoms with Gasteiger partial charge >= 0.3 is 0 Å². The van der Waals surface area contributed by atoms with E-state index in [2.05, 4.69) is 31.7 Å². The molecular weight excluding hydrogens is 339 g/mol. The molecule has 0 saturated heterocycles. The van der Waals surface area contributed by atoms with Crippen LogP contribution in [0.4, 0.5) is 4.39 Å². The first-order valence-corrected chi connectivity index (χ1v) is 8.57. The van der Waals surface area contributed by atoms with Crippen molar-refractivity contribution in [2.45, 2.75) is 37.0 Å². The Kier molecular flexibility index (Phi) is 5.18. The predicted octanol–water partition coefficient (Wildman–Crippen LogP) is 3.56. The highest BCUT2D eigenvalue weighted by molar-refractivity contribution is 7.99. The van der Waals surface area contributed by atoms with Crippen molar-refractivity contribution in [3.8, 4) is 11.4 Å². The van der Waals surface area contributed by atoms with Gasteiger partial charge in [-0.2, -0.15) is 0 Å². The van der Waals surface area contributed by atoms with Gasteiger partial charge in [0, 0.05) is 24.5 Å². The van der Waals surface area contributed by atoms with Crippen molar-refractivity contribution in [1.29, 1.82) is 0 Å². The van der Waals surface area contributed by atoms with Gasteiger partial charge < -0.3 is 0 Å². The Morgan fingerprint density at radius 1 is 1.24 bits per heavy atom. The molecule has 0 radical (unpaired) electrons. The summed E-state index contributed by atoms with van der Waals surface area (Å²) in [4.78, 5) is 12.0. The molecule has 0 unspecified atom stereocenters. The van der Waals surface area contributed by atoms with Gasteiger partial charge in [0.05, 0.1) is 5.69 Å². The Labute approximate surface area is 149 Å². The van der Waals surface area contributed by atoms with E-state index < -0.39 is 5.82 Å². The van der Waals surface area contributed by atoms with Crippen LogP contribution in [0.25, 0.3) is 11.4 Å². The van der Waals surface area contributed by atoms with Gasteiger partial charge in [0.15, 0.2) is 16.8 Å². The fraction of sp³-hybridized carbons (Fsp3) is 0.235. The van der Waals surface area contributed by atoms with E-state index in [0.29, 0.717) is 29.6 Å². The van der Waals surface area contributed by atoms with Gasteiger partial charge in [0.1, 0.15) is 11.4 Å². The largest absolute Gasteiger partial charge is 0.298 e. The molecule has 0 fully saturated rings. The standard InChI is InChI=1S/C17H17FN6S/c1-4-13-14(18)16(21-10-20-13)25-17-23-22-15(24(17)9-11(2)3)12-5-7-19-8-6-12/h5-8,10H,2,4,9H2,1,3H3. The molecular formula is C17H17FN6S. The summed E-state index contributed by atoms with van der Waals surface area (Å²) in [7, 11) is 0. The topological polar surface area (TPSA) is 69.4 Å². The maximum atomic E-state index is 14.5. The lowest BCUT2D eigenvalue weighted by Crippen LogP contribution is -2.04. The molecule has 0 amide bonds. The molecule has 3 aromatic heterocycles. The summed E-state index contributed by atoms with van der Waals surface area (Å²) in [5, 5.41) is 9.28. The Morgan fingerprint density at radius 3 is 2.68 bits per heavy atom. The van der Waals surface area contributed by atoms with Gasteiger partial charge in [-0.1, -0.05) is 19.1 Å². The van der Waals surface area contributed by atoms with Crippen LogP contribution in [0.5, 0.6) is 0 Å². The molecule has 3 heterocycles. The SMILES string of the molecule is C=C(C)Cn1c(Sc2ncnc(CC)c2F)nnc1-c1ccncc1. The zero-order valence-electron chi connectivity index (χ0n) is 14.0. The number of hydrogen-bond acceptors (Lipinski definition) is 6. The van der Waals surface area contributed by atoms with Crippen molar-refractivity contribution in [2.24, 2.45) is 0 Å². The molecule has 0 aliphatic rings. The Balaban J connectivity index is 2.02. The number of allylic oxidation sites excluding steroid dienone is 1. The van der Waals surface area contributed by atoms with Crippen LogP contribution >= 0.6 is 11.8 Å². The van der Waals surface area contributed by atoms with E-state index in [-0.39, 0.29) is 5.03 Å². The third-order valence-electron chi connectivity index (χ3n) is 3.44. The molecule has 0 aliphatic heterocycles. The van der Waals surface area contributed by atoms with E-state index >= 15 is 0 Å². The molecule has 3 aromatic rings. The first kappa shape index (κ1) is 17.2. The molecule has 128 valence electrons. The van der Waals surface area contributed by atoms with E-state index in [9.17, 15) is 4.39 Å². The van der Waals surface area contributed by atoms with Gasteiger partial charge in [-0.05, 0) is 37.2 Å². The predicted molar refractivity (Wildman–Crippen MR) is 93.6 cm³/mol. The van der Waals surface area contributed by atoms with E-state index in [0.717, 1.165) is 22.9 Å². The second-order valence-corrected chi connectivity index (χ2v) is 6.44. The number of pyridine rings is 1. The van der Waals surface area contributed by atoms with Gasteiger partial charge in [-0.15, -0.1) is 10.2 Å². The van der Waals surface area contributed by atoms with E-state index in [1.54, 1.807) is 12.4 Å². The minimum atomic E-state index is -0.412. The number of rotatable bonds is 6. The summed E-state index contributed by atoms with van der Waals surface area (Å²) in [6.45, 7) is 8.26. The Hall–Kier alpha value is -2.61. The van der Waals surface area contributed by atoms with E-state index in [4.69, 9.17) is 0 Å². The number of nitrogens with zero attached hydrogens (tertiary/aromatic N) is 6. The van der Waals surface area contributed by atoms with Crippen molar-refractivity contribution in [3.05, 3.63) is 54.5 Å². The average molecular weight is 356 g/mol. The van der Waals surface area contributed by atoms with Crippen LogP contribution in [-0.4, -0.2) is 29.7 Å². The second kappa shape index (κ2) is 7.52. The quantitative estimate of drug-likeness (QED) is 0.497. The third-order valence-corrected chi connectivity index (χ3v) is 4.40. The summed E-state index contributed by atoms with van der Waals surface area (Å²) in [6, 6.07) is 3.71. The van der Waals surface area contributed by atoms with Crippen LogP contribution in [0, 0.1) is 5.82 Å². The van der Waals surface area contributed by atoms with Gasteiger partial charge in [-0.25, -0.2) is 14.4 Å². The minimum Gasteiger partial charge on any atom is -0.298 e. The highest BCUT2D eigenvalue weighted by atomic mass is 32.2. The minimum absolute atomic E-state index is 0.239. The lowest BCUT2D eigenvalue weighted by molar-refractivity contribution is 0.558. The van der Waals surface area contributed by atoms with E-state index in [1.807, 2.05) is 30.5 Å². The molecule has 8 heteroatoms. The molecule has 0 N–H and O–H groups in total. The van der Waals surface area contributed by atoms with Gasteiger partial charge in [-0.3, -0.25) is 9.55 Å². The monoisotopic (exact) mass is 356 g/mol. The van der Waals surface area contributed by atoms with Crippen LogP contribution in [0.1, 0.15) is 19.5 Å². The molecule has 0 saturated carbocycles. The van der Waals surface area contributed by atoms with Crippen LogP contribution in [0.2, 0.25) is 0 Å². The molecule has 25 heavy (non-hydrogen) atoms. The summed E-state index contributed by atoms with van der Waals surface area (Å²) >= 11 is 1.13. The van der Waals surface area contributed by atoms with Crippen molar-refractivity contribution < 1.29 is 4.39 Å². The zero-order chi connectivity index (χ0) is 17.8. The summed E-state index contributed by atoms with van der Waals surface area (Å²) in [5.41, 5.74) is 2.21. The Bertz CT molecular complexity index is 893. The zero-order valence-corrected chi connectivity index (χ0v) is 14.8. The van der Waals surface area contributed by atoms with Crippen LogP contribution < -0.4 is 0 Å². The average Bonchev–Trinajstić information content (AvgIpc) is 2.99. The smallest absolute Gasteiger partial charge is 0.198 e. The van der Waals surface area contributed by atoms with Crippen LogP contribution in [0.3, 0.4) is 0 Å². The number of halogens is 1. The molecule has 3 rings (SSSR count). The van der Waals surface area contributed by atoms with Crippen LogP contribution in [-0.2, 0) is 13.0 Å². The molecule has 0 atom stereocenters. The second-order valence-electron chi connectivity index (χ2n) is 5.48. The van der Waals surface area contributed by atoms with Gasteiger partial charge in [0.25, 0.3) is 0 Å². The van der Waals surface area contributed by atoms with E-state index in [1.165, 1.54) is 6.33 Å². The summed E-state index contributed by atoms with van der Waals surface area (Å²) in [5.74, 6) is 0.267. The highest BCUT2D eigenvalue weighted by Gasteiger charge is 2.18. The summed E-state index contributed by atoms with van der Waals surface area (Å²) < 4.78 is 16.4. The molecule has 0 aromatic carbocycles. The van der Waals surface area contributed by atoms with Crippen molar-refractivity contribution in [1.82, 2.24) is 29.7 Å². The third kappa shape index (κ3) is 3.74. The molecule has 6 nitrogen and oxygen atoms in total. The fourth-order valence-corrected chi connectivity index (χ4v) is 3.11. The molecule has 0 bridgehead atoms. The molecule has 0 aliphatic carbocycles. The van der Waals surface area contributed by atoms with Crippen molar-refractivity contribution >= 4 is 11.8 Å².